The summed E-state index contributed by atoms with van der Waals surface area (Å²) in [4.78, 5) is 25.6. The summed E-state index contributed by atoms with van der Waals surface area (Å²) in [7, 11) is 0. The van der Waals surface area contributed by atoms with Crippen molar-refractivity contribution < 1.29 is 9.90 Å². The average Bonchev–Trinajstić information content (AvgIpc) is 3.23. The van der Waals surface area contributed by atoms with Crippen molar-refractivity contribution in [3.8, 4) is 0 Å². The molecular formula is C18H26N4O2. The first-order chi connectivity index (χ1) is 11.6. The number of hydrogen-bond donors (Lipinski definition) is 1. The molecule has 130 valence electrons. The van der Waals surface area contributed by atoms with Gasteiger partial charge in [-0.15, -0.1) is 0 Å². The third kappa shape index (κ3) is 2.62. The van der Waals surface area contributed by atoms with Gasteiger partial charge in [0.25, 0.3) is 0 Å². The van der Waals surface area contributed by atoms with Gasteiger partial charge >= 0.3 is 5.97 Å². The molecule has 4 rings (SSSR count). The second-order valence-corrected chi connectivity index (χ2v) is 7.78. The lowest BCUT2D eigenvalue weighted by Crippen LogP contribution is -2.42. The van der Waals surface area contributed by atoms with E-state index in [4.69, 9.17) is 0 Å². The number of hydrogen-bond acceptors (Lipinski definition) is 5. The van der Waals surface area contributed by atoms with Gasteiger partial charge in [0, 0.05) is 57.1 Å². The van der Waals surface area contributed by atoms with Gasteiger partial charge in [0.1, 0.15) is 0 Å². The van der Waals surface area contributed by atoms with Crippen LogP contribution in [0.25, 0.3) is 0 Å². The molecule has 2 atom stereocenters. The Morgan fingerprint density at radius 3 is 2.67 bits per heavy atom. The smallest absolute Gasteiger partial charge is 0.312 e. The fourth-order valence-corrected chi connectivity index (χ4v) is 4.98. The van der Waals surface area contributed by atoms with E-state index in [0.717, 1.165) is 24.5 Å². The molecule has 3 heterocycles. The number of carbonyl (C=O) groups is 1. The van der Waals surface area contributed by atoms with Gasteiger partial charge in [-0.1, -0.05) is 12.8 Å². The Kier molecular flexibility index (Phi) is 4.04. The minimum atomic E-state index is -0.619. The van der Waals surface area contributed by atoms with Crippen LogP contribution in [0.4, 0.5) is 0 Å². The summed E-state index contributed by atoms with van der Waals surface area (Å²) in [6.07, 6.45) is 8.49. The third-order valence-corrected chi connectivity index (χ3v) is 6.33. The maximum atomic E-state index is 12.1. The lowest BCUT2D eigenvalue weighted by atomic mass is 9.81. The predicted octanol–water partition coefficient (Wildman–Crippen LogP) is 1.55. The highest BCUT2D eigenvalue weighted by Crippen LogP contribution is 2.45. The Morgan fingerprint density at radius 2 is 2.00 bits per heavy atom. The molecule has 3 aliphatic rings. The Labute approximate surface area is 142 Å². The molecule has 0 aromatic carbocycles. The van der Waals surface area contributed by atoms with Crippen LogP contribution in [0.5, 0.6) is 0 Å². The molecule has 2 aliphatic heterocycles. The van der Waals surface area contributed by atoms with Gasteiger partial charge < -0.3 is 5.11 Å². The van der Waals surface area contributed by atoms with E-state index in [2.05, 4.69) is 19.8 Å². The average molecular weight is 330 g/mol. The highest BCUT2D eigenvalue weighted by Gasteiger charge is 2.58. The summed E-state index contributed by atoms with van der Waals surface area (Å²) in [6.45, 7) is 5.81. The van der Waals surface area contributed by atoms with Crippen LogP contribution >= 0.6 is 0 Å². The highest BCUT2D eigenvalue weighted by molar-refractivity contribution is 5.77. The first kappa shape index (κ1) is 16.0. The first-order valence-corrected chi connectivity index (χ1v) is 9.05. The topological polar surface area (TPSA) is 69.6 Å². The minimum absolute atomic E-state index is 0.229. The number of aliphatic carboxylic acids is 1. The lowest BCUT2D eigenvalue weighted by Gasteiger charge is -2.28. The quantitative estimate of drug-likeness (QED) is 0.903. The van der Waals surface area contributed by atoms with Crippen molar-refractivity contribution in [3.05, 3.63) is 23.8 Å². The van der Waals surface area contributed by atoms with Crippen molar-refractivity contribution in [2.75, 3.05) is 26.2 Å². The fraction of sp³-hybridized carbons (Fsp3) is 0.722. The summed E-state index contributed by atoms with van der Waals surface area (Å²) >= 11 is 0. The van der Waals surface area contributed by atoms with Crippen molar-refractivity contribution in [3.63, 3.8) is 0 Å². The largest absolute Gasteiger partial charge is 0.481 e. The molecule has 1 saturated carbocycles. The van der Waals surface area contributed by atoms with Gasteiger partial charge in [0.05, 0.1) is 16.8 Å². The molecule has 6 nitrogen and oxygen atoms in total. The Bertz CT molecular complexity index is 631. The van der Waals surface area contributed by atoms with E-state index in [1.54, 1.807) is 12.4 Å². The molecule has 2 saturated heterocycles. The molecule has 0 unspecified atom stereocenters. The summed E-state index contributed by atoms with van der Waals surface area (Å²) in [6, 6.07) is 0.613. The fourth-order valence-electron chi connectivity index (χ4n) is 4.98. The summed E-state index contributed by atoms with van der Waals surface area (Å²) in [5.41, 5.74) is 1.30. The molecule has 0 bridgehead atoms. The van der Waals surface area contributed by atoms with E-state index < -0.39 is 11.4 Å². The molecule has 6 heteroatoms. The second kappa shape index (κ2) is 6.08. The first-order valence-electron chi connectivity index (χ1n) is 9.05. The molecule has 0 radical (unpaired) electrons. The number of nitrogens with zero attached hydrogens (tertiary/aromatic N) is 4. The lowest BCUT2D eigenvalue weighted by molar-refractivity contribution is -0.149. The Hall–Kier alpha value is -1.53. The maximum absolute atomic E-state index is 12.1. The normalized spacial score (nSPS) is 31.6. The van der Waals surface area contributed by atoms with Crippen molar-refractivity contribution >= 4 is 5.97 Å². The highest BCUT2D eigenvalue weighted by atomic mass is 16.4. The van der Waals surface area contributed by atoms with Crippen molar-refractivity contribution in [1.29, 1.82) is 0 Å². The van der Waals surface area contributed by atoms with Crippen molar-refractivity contribution in [2.45, 2.75) is 45.2 Å². The van der Waals surface area contributed by atoms with Crippen LogP contribution in [0.1, 0.15) is 37.1 Å². The zero-order valence-corrected chi connectivity index (χ0v) is 14.3. The third-order valence-electron chi connectivity index (χ3n) is 6.33. The standard InChI is InChI=1S/C18H26N4O2/c1-13-16(20-7-6-19-13)10-21-8-14-9-22(15-4-2-3-5-15)12-18(14,11-21)17(23)24/h6-7,14-15H,2-5,8-12H2,1H3,(H,23,24)/t14-,18-/m1/s1. The predicted molar refractivity (Wildman–Crippen MR) is 89.4 cm³/mol. The van der Waals surface area contributed by atoms with Crippen molar-refractivity contribution in [1.82, 2.24) is 19.8 Å². The number of aryl methyl sites for hydroxylation is 1. The maximum Gasteiger partial charge on any atom is 0.312 e. The van der Waals surface area contributed by atoms with E-state index in [1.807, 2.05) is 6.92 Å². The number of likely N-dealkylation sites (tertiary alicyclic amines) is 2. The molecule has 1 aromatic heterocycles. The summed E-state index contributed by atoms with van der Waals surface area (Å²) in [5, 5.41) is 9.99. The van der Waals surface area contributed by atoms with Gasteiger partial charge in [0.15, 0.2) is 0 Å². The number of carboxylic acid groups (broad SMARTS) is 1. The van der Waals surface area contributed by atoms with Gasteiger partial charge in [-0.3, -0.25) is 24.6 Å². The van der Waals surface area contributed by atoms with Gasteiger partial charge in [-0.2, -0.15) is 0 Å². The van der Waals surface area contributed by atoms with Crippen LogP contribution in [-0.4, -0.2) is 63.1 Å². The van der Waals surface area contributed by atoms with E-state index in [1.165, 1.54) is 25.7 Å². The SMILES string of the molecule is Cc1nccnc1CN1C[C@@H]2CN(C3CCCC3)C[C@]2(C(=O)O)C1. The van der Waals surface area contributed by atoms with Gasteiger partial charge in [0.2, 0.25) is 0 Å². The number of carboxylic acids is 1. The summed E-state index contributed by atoms with van der Waals surface area (Å²) < 4.78 is 0. The number of rotatable bonds is 4. The molecule has 24 heavy (non-hydrogen) atoms. The van der Waals surface area contributed by atoms with Gasteiger partial charge in [-0.05, 0) is 19.8 Å². The van der Waals surface area contributed by atoms with E-state index in [0.29, 0.717) is 25.7 Å². The van der Waals surface area contributed by atoms with E-state index in [9.17, 15) is 9.90 Å². The molecule has 3 fully saturated rings. The summed E-state index contributed by atoms with van der Waals surface area (Å²) in [5.74, 6) is -0.390. The van der Waals surface area contributed by atoms with Gasteiger partial charge in [-0.25, -0.2) is 0 Å². The zero-order chi connectivity index (χ0) is 16.7. The van der Waals surface area contributed by atoms with E-state index >= 15 is 0 Å². The molecule has 1 aromatic rings. The molecule has 1 aliphatic carbocycles. The number of aromatic nitrogens is 2. The minimum Gasteiger partial charge on any atom is -0.481 e. The molecule has 0 spiro atoms. The van der Waals surface area contributed by atoms with E-state index in [-0.39, 0.29) is 5.92 Å². The van der Waals surface area contributed by atoms with Crippen LogP contribution in [0, 0.1) is 18.3 Å². The van der Waals surface area contributed by atoms with Crippen LogP contribution in [0.2, 0.25) is 0 Å². The van der Waals surface area contributed by atoms with Crippen LogP contribution < -0.4 is 0 Å². The Balaban J connectivity index is 1.49. The second-order valence-electron chi connectivity index (χ2n) is 7.78. The molecule has 0 amide bonds. The number of fused-ring (bicyclic) bond motifs is 1. The zero-order valence-electron chi connectivity index (χ0n) is 14.3. The Morgan fingerprint density at radius 1 is 1.25 bits per heavy atom. The molecular weight excluding hydrogens is 304 g/mol. The van der Waals surface area contributed by atoms with Crippen LogP contribution in [0.15, 0.2) is 12.4 Å². The monoisotopic (exact) mass is 330 g/mol. The van der Waals surface area contributed by atoms with Crippen molar-refractivity contribution in [2.24, 2.45) is 11.3 Å². The van der Waals surface area contributed by atoms with Crippen LogP contribution in [-0.2, 0) is 11.3 Å². The molecule has 1 N–H and O–H groups in total. The van der Waals surface area contributed by atoms with Crippen LogP contribution in [0.3, 0.4) is 0 Å².